The first-order chi connectivity index (χ1) is 11.9. The molecule has 1 fully saturated rings. The van der Waals surface area contributed by atoms with Crippen LogP contribution in [-0.2, 0) is 16.6 Å². The van der Waals surface area contributed by atoms with Gasteiger partial charge in [0, 0.05) is 19.6 Å². The Bertz CT molecular complexity index is 844. The fourth-order valence-corrected chi connectivity index (χ4v) is 3.15. The molecule has 3 N–H and O–H groups in total. The Morgan fingerprint density at radius 2 is 1.76 bits per heavy atom. The highest BCUT2D eigenvalue weighted by molar-refractivity contribution is 7.89. The van der Waals surface area contributed by atoms with Crippen LogP contribution in [0.1, 0.15) is 28.9 Å². The third-order valence-electron chi connectivity index (χ3n) is 4.02. The number of nitrogens with two attached hydrogens (primary N) is 1. The first-order valence-corrected chi connectivity index (χ1v) is 9.47. The minimum absolute atomic E-state index is 0.0333. The number of benzene rings is 1. The number of anilines is 1. The number of hydrogen-bond acceptors (Lipinski definition) is 6. The van der Waals surface area contributed by atoms with Crippen LogP contribution in [0.5, 0.6) is 0 Å². The van der Waals surface area contributed by atoms with Crippen molar-refractivity contribution in [1.29, 1.82) is 0 Å². The van der Waals surface area contributed by atoms with E-state index in [2.05, 4.69) is 20.4 Å². The van der Waals surface area contributed by atoms with Crippen LogP contribution in [0.15, 0.2) is 41.3 Å². The standard InChI is InChI=1S/C16H19N5O3S/c17-25(23,24)13-5-3-12(4-6-13)11-18-16(22)14-7-8-15(20-19-14)21-9-1-2-10-21/h3-8H,1-2,9-11H2,(H,18,22)(H2,17,23,24). The monoisotopic (exact) mass is 361 g/mol. The number of rotatable bonds is 5. The first kappa shape index (κ1) is 17.3. The molecule has 132 valence electrons. The topological polar surface area (TPSA) is 118 Å². The van der Waals surface area contributed by atoms with Crippen molar-refractivity contribution in [2.75, 3.05) is 18.0 Å². The maximum atomic E-state index is 12.1. The molecule has 0 aliphatic carbocycles. The fourth-order valence-electron chi connectivity index (χ4n) is 2.63. The Labute approximate surface area is 146 Å². The van der Waals surface area contributed by atoms with Crippen LogP contribution in [0.4, 0.5) is 5.82 Å². The summed E-state index contributed by atoms with van der Waals surface area (Å²) in [5.41, 5.74) is 0.992. The van der Waals surface area contributed by atoms with Crippen molar-refractivity contribution >= 4 is 21.7 Å². The highest BCUT2D eigenvalue weighted by Gasteiger charge is 2.15. The molecule has 9 heteroatoms. The SMILES string of the molecule is NS(=O)(=O)c1ccc(CNC(=O)c2ccc(N3CCCC3)nn2)cc1. The predicted octanol–water partition coefficient (Wildman–Crippen LogP) is 0.654. The third-order valence-corrected chi connectivity index (χ3v) is 4.95. The maximum Gasteiger partial charge on any atom is 0.272 e. The molecule has 0 saturated carbocycles. The fraction of sp³-hybridized carbons (Fsp3) is 0.312. The van der Waals surface area contributed by atoms with Gasteiger partial charge in [-0.25, -0.2) is 13.6 Å². The number of sulfonamides is 1. The minimum atomic E-state index is -3.71. The average Bonchev–Trinajstić information content (AvgIpc) is 3.14. The van der Waals surface area contributed by atoms with E-state index in [1.807, 2.05) is 0 Å². The van der Waals surface area contributed by atoms with E-state index in [-0.39, 0.29) is 23.0 Å². The van der Waals surface area contributed by atoms with Gasteiger partial charge in [-0.3, -0.25) is 4.79 Å². The summed E-state index contributed by atoms with van der Waals surface area (Å²) in [4.78, 5) is 14.3. The largest absolute Gasteiger partial charge is 0.355 e. The number of carbonyl (C=O) groups is 1. The van der Waals surface area contributed by atoms with Crippen LogP contribution < -0.4 is 15.4 Å². The van der Waals surface area contributed by atoms with E-state index < -0.39 is 10.0 Å². The number of nitrogens with zero attached hydrogens (tertiary/aromatic N) is 3. The molecule has 1 aromatic carbocycles. The van der Waals surface area contributed by atoms with Crippen LogP contribution in [0.25, 0.3) is 0 Å². The molecular formula is C16H19N5O3S. The van der Waals surface area contributed by atoms with Gasteiger partial charge in [0.2, 0.25) is 10.0 Å². The van der Waals surface area contributed by atoms with Crippen LogP contribution in [0.3, 0.4) is 0 Å². The molecule has 2 aromatic rings. The second kappa shape index (κ2) is 7.16. The zero-order valence-corrected chi connectivity index (χ0v) is 14.4. The Morgan fingerprint density at radius 1 is 1.08 bits per heavy atom. The Hall–Kier alpha value is -2.52. The Kier molecular flexibility index (Phi) is 4.95. The highest BCUT2D eigenvalue weighted by atomic mass is 32.2. The molecule has 1 aliphatic rings. The average molecular weight is 361 g/mol. The quantitative estimate of drug-likeness (QED) is 0.807. The summed E-state index contributed by atoms with van der Waals surface area (Å²) in [6.45, 7) is 2.18. The number of carbonyl (C=O) groups excluding carboxylic acids is 1. The van der Waals surface area contributed by atoms with Crippen molar-refractivity contribution < 1.29 is 13.2 Å². The Morgan fingerprint density at radius 3 is 2.32 bits per heavy atom. The summed E-state index contributed by atoms with van der Waals surface area (Å²) in [5.74, 6) is 0.448. The molecule has 1 amide bonds. The molecule has 0 unspecified atom stereocenters. The lowest BCUT2D eigenvalue weighted by molar-refractivity contribution is 0.0945. The number of nitrogens with one attached hydrogen (secondary N) is 1. The van der Waals surface area contributed by atoms with Gasteiger partial charge in [0.15, 0.2) is 11.5 Å². The van der Waals surface area contributed by atoms with Crippen LogP contribution in [-0.4, -0.2) is 37.6 Å². The van der Waals surface area contributed by atoms with E-state index in [1.54, 1.807) is 24.3 Å². The molecule has 0 atom stereocenters. The number of hydrogen-bond donors (Lipinski definition) is 2. The molecule has 1 aromatic heterocycles. The summed E-state index contributed by atoms with van der Waals surface area (Å²) < 4.78 is 22.4. The van der Waals surface area contributed by atoms with E-state index >= 15 is 0 Å². The van der Waals surface area contributed by atoms with Crippen molar-refractivity contribution in [3.8, 4) is 0 Å². The molecular weight excluding hydrogens is 342 g/mol. The van der Waals surface area contributed by atoms with Crippen molar-refractivity contribution in [2.45, 2.75) is 24.3 Å². The van der Waals surface area contributed by atoms with E-state index in [1.165, 1.54) is 12.1 Å². The Balaban J connectivity index is 1.58. The zero-order chi connectivity index (χ0) is 17.9. The molecule has 1 saturated heterocycles. The normalized spacial score (nSPS) is 14.5. The minimum Gasteiger partial charge on any atom is -0.355 e. The predicted molar refractivity (Wildman–Crippen MR) is 92.5 cm³/mol. The molecule has 0 radical (unpaired) electrons. The summed E-state index contributed by atoms with van der Waals surface area (Å²) >= 11 is 0. The van der Waals surface area contributed by atoms with Crippen LogP contribution >= 0.6 is 0 Å². The third kappa shape index (κ3) is 4.31. The maximum absolute atomic E-state index is 12.1. The van der Waals surface area contributed by atoms with Gasteiger partial charge in [-0.2, -0.15) is 0 Å². The van der Waals surface area contributed by atoms with Crippen molar-refractivity contribution in [2.24, 2.45) is 5.14 Å². The van der Waals surface area contributed by atoms with Gasteiger partial charge in [0.05, 0.1) is 4.90 Å². The second-order valence-corrected chi connectivity index (χ2v) is 7.40. The van der Waals surface area contributed by atoms with Gasteiger partial charge in [-0.1, -0.05) is 12.1 Å². The molecule has 1 aliphatic heterocycles. The van der Waals surface area contributed by atoms with Gasteiger partial charge >= 0.3 is 0 Å². The van der Waals surface area contributed by atoms with E-state index in [4.69, 9.17) is 5.14 Å². The zero-order valence-electron chi connectivity index (χ0n) is 13.6. The molecule has 0 bridgehead atoms. The summed E-state index contributed by atoms with van der Waals surface area (Å²) in [6, 6.07) is 9.46. The van der Waals surface area contributed by atoms with E-state index in [0.717, 1.165) is 37.3 Å². The lowest BCUT2D eigenvalue weighted by Crippen LogP contribution is -2.25. The van der Waals surface area contributed by atoms with Gasteiger partial charge in [-0.15, -0.1) is 10.2 Å². The summed E-state index contributed by atoms with van der Waals surface area (Å²) in [6.07, 6.45) is 2.29. The molecule has 0 spiro atoms. The van der Waals surface area contributed by atoms with Gasteiger partial charge < -0.3 is 10.2 Å². The van der Waals surface area contributed by atoms with Crippen LogP contribution in [0, 0.1) is 0 Å². The lowest BCUT2D eigenvalue weighted by Gasteiger charge is -2.15. The van der Waals surface area contributed by atoms with Gasteiger partial charge in [-0.05, 0) is 42.7 Å². The smallest absolute Gasteiger partial charge is 0.272 e. The number of amides is 1. The van der Waals surface area contributed by atoms with E-state index in [9.17, 15) is 13.2 Å². The lowest BCUT2D eigenvalue weighted by atomic mass is 10.2. The summed E-state index contributed by atoms with van der Waals surface area (Å²) in [5, 5.41) is 15.9. The van der Waals surface area contributed by atoms with Crippen molar-refractivity contribution in [3.05, 3.63) is 47.7 Å². The van der Waals surface area contributed by atoms with Gasteiger partial charge in [0.1, 0.15) is 0 Å². The van der Waals surface area contributed by atoms with Crippen LogP contribution in [0.2, 0.25) is 0 Å². The molecule has 25 heavy (non-hydrogen) atoms. The van der Waals surface area contributed by atoms with E-state index in [0.29, 0.717) is 0 Å². The highest BCUT2D eigenvalue weighted by Crippen LogP contribution is 2.16. The van der Waals surface area contributed by atoms with Crippen molar-refractivity contribution in [3.63, 3.8) is 0 Å². The summed E-state index contributed by atoms with van der Waals surface area (Å²) in [7, 11) is -3.71. The van der Waals surface area contributed by atoms with Crippen molar-refractivity contribution in [1.82, 2.24) is 15.5 Å². The molecule has 8 nitrogen and oxygen atoms in total. The van der Waals surface area contributed by atoms with Gasteiger partial charge in [0.25, 0.3) is 5.91 Å². The number of aromatic nitrogens is 2. The second-order valence-electron chi connectivity index (χ2n) is 5.84. The molecule has 3 rings (SSSR count). The first-order valence-electron chi connectivity index (χ1n) is 7.92. The number of primary sulfonamides is 1. The molecule has 2 heterocycles.